The monoisotopic (exact) mass is 205 g/mol. The average Bonchev–Trinajstić information content (AvgIpc) is 2.14. The molecule has 0 bridgehead atoms. The van der Waals surface area contributed by atoms with Crippen molar-refractivity contribution in [2.24, 2.45) is 0 Å². The van der Waals surface area contributed by atoms with Crippen LogP contribution in [0.4, 0.5) is 0 Å². The molecule has 4 nitrogen and oxygen atoms in total. The number of likely N-dealkylation sites (N-methyl/N-ethyl adjacent to an activating group) is 1. The van der Waals surface area contributed by atoms with Crippen LogP contribution in [-0.2, 0) is 14.8 Å². The van der Waals surface area contributed by atoms with Crippen LogP contribution in [0.2, 0.25) is 0 Å². The SMILES string of the molecule is CCCC1(C)C(=O)CS(=O)(=O)N1C. The van der Waals surface area contributed by atoms with Crippen molar-refractivity contribution in [3.8, 4) is 0 Å². The van der Waals surface area contributed by atoms with Crippen molar-refractivity contribution >= 4 is 15.8 Å². The number of ketones is 1. The summed E-state index contributed by atoms with van der Waals surface area (Å²) in [5, 5.41) is 0. The van der Waals surface area contributed by atoms with Crippen molar-refractivity contribution in [3.63, 3.8) is 0 Å². The molecule has 1 aliphatic rings. The first-order chi connectivity index (χ1) is 5.84. The maximum absolute atomic E-state index is 11.5. The van der Waals surface area contributed by atoms with Gasteiger partial charge in [0, 0.05) is 7.05 Å². The molecule has 1 unspecified atom stereocenters. The number of rotatable bonds is 2. The van der Waals surface area contributed by atoms with Crippen molar-refractivity contribution in [2.75, 3.05) is 12.8 Å². The van der Waals surface area contributed by atoms with Gasteiger partial charge in [-0.1, -0.05) is 13.3 Å². The lowest BCUT2D eigenvalue weighted by atomic mass is 9.92. The molecule has 0 aromatic rings. The summed E-state index contributed by atoms with van der Waals surface area (Å²) in [4.78, 5) is 11.5. The Morgan fingerprint density at radius 1 is 1.54 bits per heavy atom. The molecule has 0 spiro atoms. The summed E-state index contributed by atoms with van der Waals surface area (Å²) >= 11 is 0. The molecule has 0 aromatic carbocycles. The largest absolute Gasteiger partial charge is 0.296 e. The molecule has 13 heavy (non-hydrogen) atoms. The predicted octanol–water partition coefficient (Wildman–Crippen LogP) is 0.390. The van der Waals surface area contributed by atoms with E-state index < -0.39 is 15.6 Å². The number of hydrogen-bond acceptors (Lipinski definition) is 3. The van der Waals surface area contributed by atoms with Crippen molar-refractivity contribution in [2.45, 2.75) is 32.2 Å². The first kappa shape index (κ1) is 10.7. The second-order valence-electron chi connectivity index (χ2n) is 3.67. The van der Waals surface area contributed by atoms with E-state index in [1.165, 1.54) is 11.4 Å². The van der Waals surface area contributed by atoms with Crippen LogP contribution < -0.4 is 0 Å². The normalized spacial score (nSPS) is 33.9. The maximum Gasteiger partial charge on any atom is 0.221 e. The van der Waals surface area contributed by atoms with E-state index in [-0.39, 0.29) is 11.5 Å². The Morgan fingerprint density at radius 2 is 2.08 bits per heavy atom. The summed E-state index contributed by atoms with van der Waals surface area (Å²) in [6.45, 7) is 3.64. The van der Waals surface area contributed by atoms with E-state index >= 15 is 0 Å². The van der Waals surface area contributed by atoms with E-state index in [0.29, 0.717) is 6.42 Å². The molecule has 0 aromatic heterocycles. The van der Waals surface area contributed by atoms with Crippen LogP contribution in [0.25, 0.3) is 0 Å². The van der Waals surface area contributed by atoms with E-state index in [4.69, 9.17) is 0 Å². The first-order valence-corrected chi connectivity index (χ1v) is 5.95. The number of nitrogens with zero attached hydrogens (tertiary/aromatic N) is 1. The van der Waals surface area contributed by atoms with Crippen LogP contribution in [0.1, 0.15) is 26.7 Å². The highest BCUT2D eigenvalue weighted by atomic mass is 32.2. The van der Waals surface area contributed by atoms with Gasteiger partial charge in [-0.3, -0.25) is 4.79 Å². The Balaban J connectivity index is 3.07. The van der Waals surface area contributed by atoms with Crippen molar-refractivity contribution in [1.82, 2.24) is 4.31 Å². The van der Waals surface area contributed by atoms with E-state index in [9.17, 15) is 13.2 Å². The Bertz CT molecular complexity index is 322. The van der Waals surface area contributed by atoms with Crippen LogP contribution in [0.3, 0.4) is 0 Å². The van der Waals surface area contributed by atoms with E-state index in [1.807, 2.05) is 6.92 Å². The number of hydrogen-bond donors (Lipinski definition) is 0. The number of sulfonamides is 1. The molecule has 1 fully saturated rings. The van der Waals surface area contributed by atoms with Crippen molar-refractivity contribution in [1.29, 1.82) is 0 Å². The van der Waals surface area contributed by atoms with Crippen LogP contribution in [0.15, 0.2) is 0 Å². The van der Waals surface area contributed by atoms with Gasteiger partial charge in [0.05, 0.1) is 5.54 Å². The Labute approximate surface area is 79.0 Å². The third kappa shape index (κ3) is 1.50. The van der Waals surface area contributed by atoms with Gasteiger partial charge in [0.25, 0.3) is 0 Å². The zero-order valence-electron chi connectivity index (χ0n) is 8.20. The Morgan fingerprint density at radius 3 is 2.38 bits per heavy atom. The highest BCUT2D eigenvalue weighted by Crippen LogP contribution is 2.30. The predicted molar refractivity (Wildman–Crippen MR) is 49.9 cm³/mol. The third-order valence-corrected chi connectivity index (χ3v) is 4.63. The number of Topliss-reactive ketones (excluding diaryl/α,β-unsaturated/α-hetero) is 1. The smallest absolute Gasteiger partial charge is 0.221 e. The third-order valence-electron chi connectivity index (χ3n) is 2.76. The van der Waals surface area contributed by atoms with E-state index in [0.717, 1.165) is 6.42 Å². The molecule has 1 aliphatic heterocycles. The van der Waals surface area contributed by atoms with Gasteiger partial charge in [-0.25, -0.2) is 8.42 Å². The Hall–Kier alpha value is -0.420. The lowest BCUT2D eigenvalue weighted by Gasteiger charge is -2.27. The summed E-state index contributed by atoms with van der Waals surface area (Å²) in [6.07, 6.45) is 1.41. The standard InChI is InChI=1S/C8H15NO3S/c1-4-5-8(2)7(10)6-13(11,12)9(8)3/h4-6H2,1-3H3. The van der Waals surface area contributed by atoms with Gasteiger partial charge in [0.1, 0.15) is 5.75 Å². The van der Waals surface area contributed by atoms with Crippen molar-refractivity contribution in [3.05, 3.63) is 0 Å². The molecule has 1 saturated heterocycles. The fraction of sp³-hybridized carbons (Fsp3) is 0.875. The van der Waals surface area contributed by atoms with Crippen LogP contribution in [0, 0.1) is 0 Å². The molecule has 0 aliphatic carbocycles. The van der Waals surface area contributed by atoms with Gasteiger partial charge in [-0.15, -0.1) is 0 Å². The number of carbonyl (C=O) groups excluding carboxylic acids is 1. The molecule has 5 heteroatoms. The minimum Gasteiger partial charge on any atom is -0.296 e. The lowest BCUT2D eigenvalue weighted by molar-refractivity contribution is -0.123. The molecular weight excluding hydrogens is 190 g/mol. The van der Waals surface area contributed by atoms with Crippen LogP contribution in [-0.4, -0.2) is 36.8 Å². The highest BCUT2D eigenvalue weighted by molar-refractivity contribution is 7.90. The van der Waals surface area contributed by atoms with Gasteiger partial charge in [0.15, 0.2) is 5.78 Å². The summed E-state index contributed by atoms with van der Waals surface area (Å²) in [5.74, 6) is -0.517. The van der Waals surface area contributed by atoms with Crippen LogP contribution in [0.5, 0.6) is 0 Å². The summed E-state index contributed by atoms with van der Waals surface area (Å²) < 4.78 is 23.9. The van der Waals surface area contributed by atoms with Crippen molar-refractivity contribution < 1.29 is 13.2 Å². The molecule has 0 radical (unpaired) electrons. The van der Waals surface area contributed by atoms with Gasteiger partial charge >= 0.3 is 0 Å². The zero-order chi connectivity index (χ0) is 10.3. The number of carbonyl (C=O) groups is 1. The maximum atomic E-state index is 11.5. The van der Waals surface area contributed by atoms with E-state index in [1.54, 1.807) is 6.92 Å². The quantitative estimate of drug-likeness (QED) is 0.655. The second-order valence-corrected chi connectivity index (χ2v) is 5.67. The molecule has 0 amide bonds. The van der Waals surface area contributed by atoms with Gasteiger partial charge < -0.3 is 0 Å². The van der Waals surface area contributed by atoms with Gasteiger partial charge in [0.2, 0.25) is 10.0 Å². The topological polar surface area (TPSA) is 54.5 Å². The molecule has 76 valence electrons. The van der Waals surface area contributed by atoms with Crippen LogP contribution >= 0.6 is 0 Å². The Kier molecular flexibility index (Phi) is 2.51. The molecule has 1 rings (SSSR count). The fourth-order valence-electron chi connectivity index (χ4n) is 1.68. The first-order valence-electron chi connectivity index (χ1n) is 4.34. The second kappa shape index (κ2) is 3.06. The fourth-order valence-corrected chi connectivity index (χ4v) is 3.33. The molecule has 0 N–H and O–H groups in total. The van der Waals surface area contributed by atoms with E-state index in [2.05, 4.69) is 0 Å². The highest BCUT2D eigenvalue weighted by Gasteiger charge is 2.50. The summed E-state index contributed by atoms with van der Waals surface area (Å²) in [6, 6.07) is 0. The minimum absolute atomic E-state index is 0.183. The summed E-state index contributed by atoms with van der Waals surface area (Å²) in [7, 11) is -1.84. The molecular formula is C8H15NO3S. The molecule has 0 saturated carbocycles. The minimum atomic E-state index is -3.32. The lowest BCUT2D eigenvalue weighted by Crippen LogP contribution is -2.44. The molecule has 1 heterocycles. The zero-order valence-corrected chi connectivity index (χ0v) is 9.02. The summed E-state index contributed by atoms with van der Waals surface area (Å²) in [5.41, 5.74) is -0.798. The molecule has 1 atom stereocenters. The van der Waals surface area contributed by atoms with Gasteiger partial charge in [-0.05, 0) is 13.3 Å². The average molecular weight is 205 g/mol. The van der Waals surface area contributed by atoms with Gasteiger partial charge in [-0.2, -0.15) is 4.31 Å².